The lowest BCUT2D eigenvalue weighted by Gasteiger charge is -2.10. The van der Waals surface area contributed by atoms with Gasteiger partial charge >= 0.3 is 0 Å². The van der Waals surface area contributed by atoms with E-state index in [4.69, 9.17) is 27.9 Å². The van der Waals surface area contributed by atoms with Gasteiger partial charge in [-0.05, 0) is 42.8 Å². The lowest BCUT2D eigenvalue weighted by molar-refractivity contribution is 0.289. The first-order valence-corrected chi connectivity index (χ1v) is 10.2. The van der Waals surface area contributed by atoms with Gasteiger partial charge < -0.3 is 4.74 Å². The van der Waals surface area contributed by atoms with E-state index in [1.165, 1.54) is 17.8 Å². The molecule has 0 amide bonds. The number of thioether (sulfide) groups is 1. The lowest BCUT2D eigenvalue weighted by atomic mass is 10.2. The van der Waals surface area contributed by atoms with E-state index in [2.05, 4.69) is 16.8 Å². The Morgan fingerprint density at radius 3 is 2.75 bits per heavy atom. The molecule has 146 valence electrons. The number of rotatable bonds is 8. The molecule has 0 spiro atoms. The normalized spacial score (nSPS) is 10.9. The third-order valence-corrected chi connectivity index (χ3v) is 5.78. The highest BCUT2D eigenvalue weighted by Crippen LogP contribution is 2.28. The number of allylic oxidation sites excluding steroid dienone is 1. The van der Waals surface area contributed by atoms with Crippen molar-refractivity contribution in [2.24, 2.45) is 0 Å². The predicted molar refractivity (Wildman–Crippen MR) is 112 cm³/mol. The minimum Gasteiger partial charge on any atom is -0.486 e. The summed E-state index contributed by atoms with van der Waals surface area (Å²) >= 11 is 13.5. The van der Waals surface area contributed by atoms with Crippen LogP contribution in [0, 0.1) is 12.7 Å². The molecule has 0 atom stereocenters. The van der Waals surface area contributed by atoms with Gasteiger partial charge in [-0.1, -0.05) is 47.1 Å². The Hall–Kier alpha value is -2.02. The summed E-state index contributed by atoms with van der Waals surface area (Å²) in [5, 5.41) is 10.2. The van der Waals surface area contributed by atoms with Gasteiger partial charge in [0.25, 0.3) is 0 Å². The van der Waals surface area contributed by atoms with Gasteiger partial charge in [-0.2, -0.15) is 0 Å². The summed E-state index contributed by atoms with van der Waals surface area (Å²) < 4.78 is 21.7. The molecular formula is C20H18Cl2FN3OS. The first kappa shape index (κ1) is 20.7. The van der Waals surface area contributed by atoms with Gasteiger partial charge in [-0.25, -0.2) is 4.39 Å². The van der Waals surface area contributed by atoms with Crippen LogP contribution in [0.5, 0.6) is 5.75 Å². The number of aryl methyl sites for hydroxylation is 1. The molecule has 1 aromatic heterocycles. The number of halogens is 3. The largest absolute Gasteiger partial charge is 0.486 e. The van der Waals surface area contributed by atoms with Gasteiger partial charge in [-0.3, -0.25) is 4.57 Å². The van der Waals surface area contributed by atoms with E-state index in [-0.39, 0.29) is 12.4 Å². The van der Waals surface area contributed by atoms with Crippen LogP contribution in [-0.2, 0) is 18.9 Å². The first-order chi connectivity index (χ1) is 13.5. The van der Waals surface area contributed by atoms with E-state index >= 15 is 0 Å². The van der Waals surface area contributed by atoms with Crippen LogP contribution in [0.1, 0.15) is 17.0 Å². The van der Waals surface area contributed by atoms with Gasteiger partial charge in [0, 0.05) is 27.9 Å². The van der Waals surface area contributed by atoms with Gasteiger partial charge in [0.1, 0.15) is 18.2 Å². The Morgan fingerprint density at radius 2 is 2.04 bits per heavy atom. The van der Waals surface area contributed by atoms with E-state index < -0.39 is 0 Å². The molecule has 0 bridgehead atoms. The van der Waals surface area contributed by atoms with Crippen molar-refractivity contribution in [2.45, 2.75) is 31.0 Å². The molecule has 0 unspecified atom stereocenters. The molecule has 0 saturated carbocycles. The second kappa shape index (κ2) is 9.45. The van der Waals surface area contributed by atoms with Crippen LogP contribution in [0.4, 0.5) is 4.39 Å². The summed E-state index contributed by atoms with van der Waals surface area (Å²) in [6.07, 6.45) is 1.75. The molecule has 28 heavy (non-hydrogen) atoms. The second-order valence-corrected chi connectivity index (χ2v) is 7.74. The Morgan fingerprint density at radius 1 is 1.21 bits per heavy atom. The van der Waals surface area contributed by atoms with Crippen LogP contribution in [0.15, 0.2) is 54.2 Å². The Balaban J connectivity index is 1.73. The summed E-state index contributed by atoms with van der Waals surface area (Å²) in [7, 11) is 0. The maximum absolute atomic E-state index is 14.0. The zero-order chi connectivity index (χ0) is 20.1. The van der Waals surface area contributed by atoms with E-state index in [1.807, 2.05) is 17.6 Å². The molecule has 0 aliphatic rings. The summed E-state index contributed by atoms with van der Waals surface area (Å²) in [6, 6.07) is 10.1. The van der Waals surface area contributed by atoms with Gasteiger partial charge in [0.05, 0.1) is 0 Å². The standard InChI is InChI=1S/C20H18Cl2FN3OS/c1-3-9-26-19(11-27-14-7-8-16(21)13(2)10-14)24-25-20(26)28-12-15-17(22)5-4-6-18(15)23/h3-8,10H,1,9,11-12H2,2H3. The summed E-state index contributed by atoms with van der Waals surface area (Å²) in [6.45, 7) is 6.45. The van der Waals surface area contributed by atoms with E-state index in [0.717, 1.165) is 5.56 Å². The number of ether oxygens (including phenoxy) is 1. The first-order valence-electron chi connectivity index (χ1n) is 8.47. The van der Waals surface area contributed by atoms with Crippen molar-refractivity contribution in [2.75, 3.05) is 0 Å². The highest BCUT2D eigenvalue weighted by Gasteiger charge is 2.15. The molecule has 0 fully saturated rings. The maximum atomic E-state index is 14.0. The molecule has 0 N–H and O–H groups in total. The maximum Gasteiger partial charge on any atom is 0.191 e. The lowest BCUT2D eigenvalue weighted by Crippen LogP contribution is -2.07. The van der Waals surface area contributed by atoms with Gasteiger partial charge in [0.15, 0.2) is 11.0 Å². The third-order valence-electron chi connectivity index (χ3n) is 4.01. The Labute approximate surface area is 177 Å². The molecule has 0 saturated heterocycles. The quantitative estimate of drug-likeness (QED) is 0.315. The average Bonchev–Trinajstić information content (AvgIpc) is 3.04. The number of benzene rings is 2. The fraction of sp³-hybridized carbons (Fsp3) is 0.200. The fourth-order valence-electron chi connectivity index (χ4n) is 2.51. The SMILES string of the molecule is C=CCn1c(COc2ccc(Cl)c(C)c2)nnc1SCc1c(F)cccc1Cl. The average molecular weight is 438 g/mol. The zero-order valence-corrected chi connectivity index (χ0v) is 17.5. The molecule has 2 aromatic carbocycles. The summed E-state index contributed by atoms with van der Waals surface area (Å²) in [5.74, 6) is 1.35. The number of nitrogens with zero attached hydrogens (tertiary/aromatic N) is 3. The molecule has 3 rings (SSSR count). The zero-order valence-electron chi connectivity index (χ0n) is 15.2. The molecule has 1 heterocycles. The minimum atomic E-state index is -0.337. The molecule has 8 heteroatoms. The van der Waals surface area contributed by atoms with Crippen LogP contribution >= 0.6 is 35.0 Å². The topological polar surface area (TPSA) is 39.9 Å². The highest BCUT2D eigenvalue weighted by molar-refractivity contribution is 7.98. The van der Waals surface area contributed by atoms with Crippen LogP contribution in [-0.4, -0.2) is 14.8 Å². The van der Waals surface area contributed by atoms with Crippen LogP contribution in [0.3, 0.4) is 0 Å². The number of hydrogen-bond acceptors (Lipinski definition) is 4. The van der Waals surface area contributed by atoms with Crippen molar-refractivity contribution in [3.63, 3.8) is 0 Å². The van der Waals surface area contributed by atoms with E-state index in [0.29, 0.717) is 44.6 Å². The molecule has 3 aromatic rings. The van der Waals surface area contributed by atoms with Crippen LogP contribution < -0.4 is 4.74 Å². The van der Waals surface area contributed by atoms with Crippen LogP contribution in [0.25, 0.3) is 0 Å². The van der Waals surface area contributed by atoms with E-state index in [9.17, 15) is 4.39 Å². The molecule has 0 aliphatic carbocycles. The van der Waals surface area contributed by atoms with Gasteiger partial charge in [0.2, 0.25) is 0 Å². The number of aromatic nitrogens is 3. The molecule has 4 nitrogen and oxygen atoms in total. The van der Waals surface area contributed by atoms with Crippen molar-refractivity contribution < 1.29 is 9.13 Å². The predicted octanol–water partition coefficient (Wildman–Crippen LogP) is 6.09. The van der Waals surface area contributed by atoms with Crippen LogP contribution in [0.2, 0.25) is 10.0 Å². The molecular weight excluding hydrogens is 420 g/mol. The fourth-order valence-corrected chi connectivity index (χ4v) is 3.93. The number of hydrogen-bond donors (Lipinski definition) is 0. The monoisotopic (exact) mass is 437 g/mol. The smallest absolute Gasteiger partial charge is 0.191 e. The minimum absolute atomic E-state index is 0.239. The molecule has 0 radical (unpaired) electrons. The molecule has 0 aliphatic heterocycles. The van der Waals surface area contributed by atoms with Crippen molar-refractivity contribution >= 4 is 35.0 Å². The van der Waals surface area contributed by atoms with Crippen molar-refractivity contribution in [1.29, 1.82) is 0 Å². The highest BCUT2D eigenvalue weighted by atomic mass is 35.5. The van der Waals surface area contributed by atoms with E-state index in [1.54, 1.807) is 30.3 Å². The summed E-state index contributed by atoms with van der Waals surface area (Å²) in [4.78, 5) is 0. The van der Waals surface area contributed by atoms with Crippen molar-refractivity contribution in [1.82, 2.24) is 14.8 Å². The van der Waals surface area contributed by atoms with Gasteiger partial charge in [-0.15, -0.1) is 16.8 Å². The third kappa shape index (κ3) is 4.87. The summed E-state index contributed by atoms with van der Waals surface area (Å²) in [5.41, 5.74) is 1.38. The van der Waals surface area contributed by atoms with Crippen molar-refractivity contribution in [3.05, 3.63) is 81.9 Å². The Kier molecular flexibility index (Phi) is 6.99. The van der Waals surface area contributed by atoms with Crippen molar-refractivity contribution in [3.8, 4) is 5.75 Å². The Bertz CT molecular complexity index is 973. The second-order valence-electron chi connectivity index (χ2n) is 5.99.